The van der Waals surface area contributed by atoms with E-state index in [-0.39, 0.29) is 0 Å². The summed E-state index contributed by atoms with van der Waals surface area (Å²) >= 11 is 6.30. The average Bonchev–Trinajstić information content (AvgIpc) is 2.63. The van der Waals surface area contributed by atoms with Crippen LogP contribution < -0.4 is 5.32 Å². The van der Waals surface area contributed by atoms with Gasteiger partial charge in [0.2, 0.25) is 0 Å². The number of halogens is 1. The summed E-state index contributed by atoms with van der Waals surface area (Å²) in [5.41, 5.74) is 1.54. The Labute approximate surface area is 133 Å². The zero-order chi connectivity index (χ0) is 14.7. The fraction of sp³-hybridized carbons (Fsp3) is 0.706. The molecule has 116 valence electrons. The van der Waals surface area contributed by atoms with Crippen molar-refractivity contribution in [2.75, 3.05) is 13.1 Å². The third-order valence-electron chi connectivity index (χ3n) is 5.23. The second-order valence-corrected chi connectivity index (χ2v) is 7.18. The fourth-order valence-corrected chi connectivity index (χ4v) is 4.03. The number of nitrogens with one attached hydrogen (secondary N) is 1. The highest BCUT2D eigenvalue weighted by Gasteiger charge is 2.36. The Balaban J connectivity index is 1.76. The fourth-order valence-electron chi connectivity index (χ4n) is 3.86. The van der Waals surface area contributed by atoms with E-state index in [2.05, 4.69) is 28.2 Å². The summed E-state index contributed by atoms with van der Waals surface area (Å²) in [4.78, 5) is 6.71. The van der Waals surface area contributed by atoms with E-state index in [1.54, 1.807) is 6.20 Å². The van der Waals surface area contributed by atoms with Gasteiger partial charge in [-0.1, -0.05) is 30.9 Å². The van der Waals surface area contributed by atoms with E-state index in [0.717, 1.165) is 24.7 Å². The molecule has 1 saturated heterocycles. The molecule has 2 aliphatic rings. The van der Waals surface area contributed by atoms with Crippen LogP contribution in [-0.4, -0.2) is 34.6 Å². The Kier molecular flexibility index (Phi) is 4.82. The molecule has 4 heteroatoms. The number of aromatic nitrogens is 1. The lowest BCUT2D eigenvalue weighted by molar-refractivity contribution is 0.131. The number of hydrogen-bond acceptors (Lipinski definition) is 3. The summed E-state index contributed by atoms with van der Waals surface area (Å²) in [6.45, 7) is 5.57. The maximum atomic E-state index is 6.30. The zero-order valence-electron chi connectivity index (χ0n) is 12.9. The predicted octanol–water partition coefficient (Wildman–Crippen LogP) is 3.62. The lowest BCUT2D eigenvalue weighted by atomic mass is 9.81. The molecule has 1 saturated carbocycles. The van der Waals surface area contributed by atoms with Crippen molar-refractivity contribution in [1.29, 1.82) is 0 Å². The minimum Gasteiger partial charge on any atom is -0.310 e. The molecule has 3 rings (SSSR count). The van der Waals surface area contributed by atoms with Crippen molar-refractivity contribution in [1.82, 2.24) is 15.2 Å². The Morgan fingerprint density at radius 3 is 2.95 bits per heavy atom. The van der Waals surface area contributed by atoms with Crippen molar-refractivity contribution in [3.8, 4) is 0 Å². The van der Waals surface area contributed by atoms with Crippen LogP contribution in [0.3, 0.4) is 0 Å². The minimum atomic E-state index is 0.336. The number of pyridine rings is 1. The summed E-state index contributed by atoms with van der Waals surface area (Å²) in [5.74, 6) is 0. The monoisotopic (exact) mass is 307 g/mol. The second kappa shape index (κ2) is 6.64. The van der Waals surface area contributed by atoms with E-state index in [9.17, 15) is 0 Å². The lowest BCUT2D eigenvalue weighted by Gasteiger charge is -2.41. The van der Waals surface area contributed by atoms with Crippen LogP contribution in [0.25, 0.3) is 0 Å². The molecule has 0 radical (unpaired) electrons. The van der Waals surface area contributed by atoms with Crippen molar-refractivity contribution < 1.29 is 0 Å². The van der Waals surface area contributed by atoms with E-state index in [1.165, 1.54) is 44.1 Å². The van der Waals surface area contributed by atoms with Gasteiger partial charge in [0.25, 0.3) is 0 Å². The summed E-state index contributed by atoms with van der Waals surface area (Å²) < 4.78 is 0. The van der Waals surface area contributed by atoms with Gasteiger partial charge in [-0.2, -0.15) is 0 Å². The quantitative estimate of drug-likeness (QED) is 0.904. The molecule has 0 aromatic carbocycles. The van der Waals surface area contributed by atoms with E-state index >= 15 is 0 Å². The third-order valence-corrected chi connectivity index (χ3v) is 5.57. The summed E-state index contributed by atoms with van der Waals surface area (Å²) in [5, 5.41) is 4.66. The molecular formula is C17H26ClN3. The molecule has 1 N–H and O–H groups in total. The Morgan fingerprint density at radius 2 is 2.19 bits per heavy atom. The Bertz CT molecular complexity index is 471. The van der Waals surface area contributed by atoms with Gasteiger partial charge < -0.3 is 5.32 Å². The van der Waals surface area contributed by atoms with Gasteiger partial charge in [-0.3, -0.25) is 9.88 Å². The molecule has 2 heterocycles. The van der Waals surface area contributed by atoms with Crippen LogP contribution in [0.1, 0.15) is 51.0 Å². The normalized spacial score (nSPS) is 26.7. The van der Waals surface area contributed by atoms with Gasteiger partial charge in [0.1, 0.15) is 0 Å². The minimum absolute atomic E-state index is 0.336. The maximum absolute atomic E-state index is 6.30. The van der Waals surface area contributed by atoms with Crippen molar-refractivity contribution in [3.63, 3.8) is 0 Å². The van der Waals surface area contributed by atoms with Gasteiger partial charge in [-0.05, 0) is 44.4 Å². The van der Waals surface area contributed by atoms with Crippen LogP contribution >= 0.6 is 11.6 Å². The van der Waals surface area contributed by atoms with Gasteiger partial charge in [0.05, 0.1) is 5.02 Å². The van der Waals surface area contributed by atoms with Crippen LogP contribution in [0.2, 0.25) is 5.02 Å². The van der Waals surface area contributed by atoms with Crippen molar-refractivity contribution in [2.45, 2.75) is 63.6 Å². The smallest absolute Gasteiger partial charge is 0.0634 e. The molecule has 1 atom stereocenters. The lowest BCUT2D eigenvalue weighted by Crippen LogP contribution is -2.53. The number of hydrogen-bond donors (Lipinski definition) is 1. The largest absolute Gasteiger partial charge is 0.310 e. The van der Waals surface area contributed by atoms with Crippen LogP contribution in [0, 0.1) is 0 Å². The Morgan fingerprint density at radius 1 is 1.38 bits per heavy atom. The molecule has 0 bridgehead atoms. The van der Waals surface area contributed by atoms with Gasteiger partial charge in [-0.15, -0.1) is 0 Å². The molecule has 1 aromatic heterocycles. The van der Waals surface area contributed by atoms with Crippen molar-refractivity contribution >= 4 is 11.6 Å². The highest BCUT2D eigenvalue weighted by atomic mass is 35.5. The van der Waals surface area contributed by atoms with E-state index in [4.69, 9.17) is 11.6 Å². The van der Waals surface area contributed by atoms with Crippen LogP contribution in [-0.2, 0) is 6.54 Å². The average molecular weight is 308 g/mol. The summed E-state index contributed by atoms with van der Waals surface area (Å²) in [7, 11) is 0. The van der Waals surface area contributed by atoms with E-state index in [0.29, 0.717) is 11.6 Å². The second-order valence-electron chi connectivity index (χ2n) is 6.78. The number of nitrogens with zero attached hydrogens (tertiary/aromatic N) is 2. The maximum Gasteiger partial charge on any atom is 0.0634 e. The van der Waals surface area contributed by atoms with Gasteiger partial charge in [-0.25, -0.2) is 0 Å². The van der Waals surface area contributed by atoms with Gasteiger partial charge in [0, 0.05) is 37.1 Å². The van der Waals surface area contributed by atoms with E-state index < -0.39 is 0 Å². The van der Waals surface area contributed by atoms with E-state index in [1.807, 2.05) is 6.20 Å². The molecule has 21 heavy (non-hydrogen) atoms. The molecule has 1 aliphatic carbocycles. The zero-order valence-corrected chi connectivity index (χ0v) is 13.7. The Hall–Kier alpha value is -0.640. The molecule has 1 unspecified atom stereocenters. The topological polar surface area (TPSA) is 28.2 Å². The summed E-state index contributed by atoms with van der Waals surface area (Å²) in [6, 6.07) is 2.66. The van der Waals surface area contributed by atoms with Crippen LogP contribution in [0.15, 0.2) is 18.5 Å². The number of rotatable bonds is 2. The third kappa shape index (κ3) is 3.58. The SMILES string of the molecule is CC1CCNC2(CCCCC2)CN1Cc1ccncc1Cl. The first-order valence-corrected chi connectivity index (χ1v) is 8.64. The van der Waals surface area contributed by atoms with Crippen LogP contribution in [0.5, 0.6) is 0 Å². The summed E-state index contributed by atoms with van der Waals surface area (Å²) in [6.07, 6.45) is 11.6. The highest BCUT2D eigenvalue weighted by molar-refractivity contribution is 6.31. The first-order chi connectivity index (χ1) is 10.2. The first kappa shape index (κ1) is 15.3. The molecule has 3 nitrogen and oxygen atoms in total. The van der Waals surface area contributed by atoms with Gasteiger partial charge in [0.15, 0.2) is 0 Å². The molecule has 2 fully saturated rings. The first-order valence-electron chi connectivity index (χ1n) is 8.26. The van der Waals surface area contributed by atoms with Crippen molar-refractivity contribution in [3.05, 3.63) is 29.0 Å². The highest BCUT2D eigenvalue weighted by Crippen LogP contribution is 2.32. The molecule has 0 amide bonds. The predicted molar refractivity (Wildman–Crippen MR) is 87.6 cm³/mol. The van der Waals surface area contributed by atoms with Gasteiger partial charge >= 0.3 is 0 Å². The standard InChI is InChI=1S/C17H26ClN3/c1-14-5-10-20-17(7-3-2-4-8-17)13-21(14)12-15-6-9-19-11-16(15)18/h6,9,11,14,20H,2-5,7-8,10,12-13H2,1H3. The molecule has 1 aliphatic heterocycles. The van der Waals surface area contributed by atoms with Crippen LogP contribution in [0.4, 0.5) is 0 Å². The van der Waals surface area contributed by atoms with Crippen molar-refractivity contribution in [2.24, 2.45) is 0 Å². The molecular weight excluding hydrogens is 282 g/mol. The molecule has 1 spiro atoms. The molecule has 1 aromatic rings.